The molecule has 0 fully saturated rings. The van der Waals surface area contributed by atoms with Crippen molar-refractivity contribution in [2.45, 2.75) is 20.4 Å². The van der Waals surface area contributed by atoms with Gasteiger partial charge in [-0.3, -0.25) is 14.2 Å². The van der Waals surface area contributed by atoms with E-state index in [-0.39, 0.29) is 17.9 Å². The van der Waals surface area contributed by atoms with E-state index in [0.717, 1.165) is 11.1 Å². The molecule has 2 rings (SSSR count). The first-order valence-corrected chi connectivity index (χ1v) is 5.69. The first-order chi connectivity index (χ1) is 8.58. The number of aryl methyl sites for hydroxylation is 2. The number of rotatable bonds is 3. The number of aromatic nitrogens is 2. The molecule has 0 saturated heterocycles. The van der Waals surface area contributed by atoms with Crippen LogP contribution in [0.5, 0.6) is 0 Å². The topological polar surface area (TPSA) is 52.0 Å². The highest BCUT2D eigenvalue weighted by Gasteiger charge is 2.08. The third-order valence-corrected chi connectivity index (χ3v) is 2.94. The Morgan fingerprint density at radius 3 is 2.67 bits per heavy atom. The van der Waals surface area contributed by atoms with E-state index in [0.29, 0.717) is 5.56 Å². The van der Waals surface area contributed by atoms with Crippen molar-refractivity contribution in [1.82, 2.24) is 9.55 Å². The number of carbonyl (C=O) groups is 1. The molecule has 0 radical (unpaired) electrons. The molecule has 2 aromatic rings. The summed E-state index contributed by atoms with van der Waals surface area (Å²) in [5, 5.41) is 0. The highest BCUT2D eigenvalue weighted by molar-refractivity contribution is 5.96. The monoisotopic (exact) mass is 242 g/mol. The largest absolute Gasteiger partial charge is 0.292 e. The van der Waals surface area contributed by atoms with Crippen molar-refractivity contribution in [3.05, 3.63) is 63.8 Å². The average molecular weight is 242 g/mol. The van der Waals surface area contributed by atoms with Crippen LogP contribution in [0.25, 0.3) is 0 Å². The summed E-state index contributed by atoms with van der Waals surface area (Å²) in [4.78, 5) is 27.4. The van der Waals surface area contributed by atoms with Crippen molar-refractivity contribution in [1.29, 1.82) is 0 Å². The maximum atomic E-state index is 12.0. The zero-order valence-electron chi connectivity index (χ0n) is 10.4. The highest BCUT2D eigenvalue weighted by Crippen LogP contribution is 2.10. The van der Waals surface area contributed by atoms with Crippen molar-refractivity contribution in [2.24, 2.45) is 0 Å². The minimum atomic E-state index is -0.220. The smallest absolute Gasteiger partial charge is 0.253 e. The average Bonchev–Trinajstić information content (AvgIpc) is 2.35. The van der Waals surface area contributed by atoms with Crippen LogP contribution in [0.3, 0.4) is 0 Å². The minimum Gasteiger partial charge on any atom is -0.292 e. The van der Waals surface area contributed by atoms with E-state index in [1.54, 1.807) is 6.07 Å². The standard InChI is InChI=1S/C14H14N2O2/c1-10-3-4-12(7-11(10)2)13(17)8-16-9-15-6-5-14(16)18/h3-7,9H,8H2,1-2H3. The molecule has 18 heavy (non-hydrogen) atoms. The van der Waals surface area contributed by atoms with Crippen LogP contribution in [0, 0.1) is 13.8 Å². The molecule has 0 unspecified atom stereocenters. The number of benzene rings is 1. The molecule has 0 aliphatic rings. The van der Waals surface area contributed by atoms with Gasteiger partial charge in [-0.05, 0) is 31.0 Å². The molecule has 92 valence electrons. The van der Waals surface area contributed by atoms with Gasteiger partial charge in [-0.2, -0.15) is 0 Å². The van der Waals surface area contributed by atoms with Gasteiger partial charge < -0.3 is 0 Å². The Balaban J connectivity index is 2.25. The molecular weight excluding hydrogens is 228 g/mol. The summed E-state index contributed by atoms with van der Waals surface area (Å²) in [5.74, 6) is -0.0896. The van der Waals surface area contributed by atoms with Gasteiger partial charge in [0.25, 0.3) is 5.56 Å². The van der Waals surface area contributed by atoms with E-state index < -0.39 is 0 Å². The van der Waals surface area contributed by atoms with Gasteiger partial charge in [0, 0.05) is 17.8 Å². The maximum Gasteiger partial charge on any atom is 0.253 e. The SMILES string of the molecule is Cc1ccc(C(=O)Cn2cnccc2=O)cc1C. The molecule has 0 saturated carbocycles. The van der Waals surface area contributed by atoms with Crippen molar-refractivity contribution in [3.8, 4) is 0 Å². The summed E-state index contributed by atoms with van der Waals surface area (Å²) < 4.78 is 1.30. The van der Waals surface area contributed by atoms with Crippen molar-refractivity contribution >= 4 is 5.78 Å². The predicted octanol–water partition coefficient (Wildman–Crippen LogP) is 1.74. The number of nitrogens with zero attached hydrogens (tertiary/aromatic N) is 2. The van der Waals surface area contributed by atoms with Crippen LogP contribution >= 0.6 is 0 Å². The van der Waals surface area contributed by atoms with Gasteiger partial charge in [0.2, 0.25) is 0 Å². The fraction of sp³-hybridized carbons (Fsp3) is 0.214. The lowest BCUT2D eigenvalue weighted by Gasteiger charge is -2.06. The zero-order chi connectivity index (χ0) is 13.1. The van der Waals surface area contributed by atoms with Crippen LogP contribution in [0.15, 0.2) is 41.6 Å². The zero-order valence-corrected chi connectivity index (χ0v) is 10.4. The third-order valence-electron chi connectivity index (χ3n) is 2.94. The van der Waals surface area contributed by atoms with Gasteiger partial charge in [-0.15, -0.1) is 0 Å². The Morgan fingerprint density at radius 1 is 1.22 bits per heavy atom. The second-order valence-corrected chi connectivity index (χ2v) is 4.27. The minimum absolute atomic E-state index is 0.0230. The predicted molar refractivity (Wildman–Crippen MR) is 68.7 cm³/mol. The molecular formula is C14H14N2O2. The molecule has 1 aromatic heterocycles. The molecule has 1 heterocycles. The lowest BCUT2D eigenvalue weighted by molar-refractivity contribution is 0.0970. The van der Waals surface area contributed by atoms with E-state index in [1.165, 1.54) is 23.2 Å². The molecule has 1 aromatic carbocycles. The van der Waals surface area contributed by atoms with E-state index in [2.05, 4.69) is 4.98 Å². The number of carbonyl (C=O) groups excluding carboxylic acids is 1. The number of Topliss-reactive ketones (excluding diaryl/α,β-unsaturated/α-hetero) is 1. The van der Waals surface area contributed by atoms with Gasteiger partial charge in [0.15, 0.2) is 5.78 Å². The van der Waals surface area contributed by atoms with Gasteiger partial charge in [0.1, 0.15) is 0 Å². The third kappa shape index (κ3) is 2.53. The summed E-state index contributed by atoms with van der Waals surface area (Å²) in [7, 11) is 0. The van der Waals surface area contributed by atoms with Crippen LogP contribution in [0.2, 0.25) is 0 Å². The number of hydrogen-bond acceptors (Lipinski definition) is 3. The van der Waals surface area contributed by atoms with Gasteiger partial charge in [-0.25, -0.2) is 4.98 Å². The summed E-state index contributed by atoms with van der Waals surface area (Å²) in [6.07, 6.45) is 2.79. The normalized spacial score (nSPS) is 10.3. The van der Waals surface area contributed by atoms with Crippen LogP contribution in [-0.2, 0) is 6.54 Å². The Labute approximate surface area is 105 Å². The highest BCUT2D eigenvalue weighted by atomic mass is 16.1. The quantitative estimate of drug-likeness (QED) is 0.770. The Morgan fingerprint density at radius 2 is 2.00 bits per heavy atom. The van der Waals surface area contributed by atoms with Gasteiger partial charge in [0.05, 0.1) is 12.9 Å². The molecule has 0 aliphatic carbocycles. The van der Waals surface area contributed by atoms with E-state index in [1.807, 2.05) is 26.0 Å². The van der Waals surface area contributed by atoms with E-state index in [4.69, 9.17) is 0 Å². The van der Waals surface area contributed by atoms with Crippen molar-refractivity contribution in [3.63, 3.8) is 0 Å². The van der Waals surface area contributed by atoms with Crippen molar-refractivity contribution in [2.75, 3.05) is 0 Å². The summed E-state index contributed by atoms with van der Waals surface area (Å²) in [6, 6.07) is 6.88. The van der Waals surface area contributed by atoms with Gasteiger partial charge in [-0.1, -0.05) is 12.1 Å². The van der Waals surface area contributed by atoms with E-state index >= 15 is 0 Å². The Kier molecular flexibility index (Phi) is 3.37. The van der Waals surface area contributed by atoms with Crippen LogP contribution in [0.4, 0.5) is 0 Å². The summed E-state index contributed by atoms with van der Waals surface area (Å²) in [6.45, 7) is 3.98. The van der Waals surface area contributed by atoms with Crippen LogP contribution in [0.1, 0.15) is 21.5 Å². The second kappa shape index (κ2) is 4.96. The summed E-state index contributed by atoms with van der Waals surface area (Å²) in [5.41, 5.74) is 2.61. The molecule has 4 heteroatoms. The molecule has 0 bridgehead atoms. The molecule has 0 spiro atoms. The number of ketones is 1. The second-order valence-electron chi connectivity index (χ2n) is 4.27. The van der Waals surface area contributed by atoms with Gasteiger partial charge >= 0.3 is 0 Å². The van der Waals surface area contributed by atoms with Crippen molar-refractivity contribution < 1.29 is 4.79 Å². The summed E-state index contributed by atoms with van der Waals surface area (Å²) >= 11 is 0. The first-order valence-electron chi connectivity index (χ1n) is 5.69. The molecule has 0 aliphatic heterocycles. The van der Waals surface area contributed by atoms with Crippen LogP contribution < -0.4 is 5.56 Å². The fourth-order valence-corrected chi connectivity index (χ4v) is 1.66. The molecule has 0 N–H and O–H groups in total. The Hall–Kier alpha value is -2.23. The number of hydrogen-bond donors (Lipinski definition) is 0. The van der Waals surface area contributed by atoms with E-state index in [9.17, 15) is 9.59 Å². The molecule has 0 atom stereocenters. The maximum absolute atomic E-state index is 12.0. The molecule has 4 nitrogen and oxygen atoms in total. The fourth-order valence-electron chi connectivity index (χ4n) is 1.66. The molecule has 0 amide bonds. The lowest BCUT2D eigenvalue weighted by atomic mass is 10.0. The Bertz CT molecular complexity index is 644. The lowest BCUT2D eigenvalue weighted by Crippen LogP contribution is -2.23. The van der Waals surface area contributed by atoms with Crippen LogP contribution in [-0.4, -0.2) is 15.3 Å². The first kappa shape index (κ1) is 12.2.